The Balaban J connectivity index is 1.50. The van der Waals surface area contributed by atoms with Crippen LogP contribution in [0.5, 0.6) is 0 Å². The number of rotatable bonds is 7. The minimum atomic E-state index is -0.340. The van der Waals surface area contributed by atoms with E-state index in [0.29, 0.717) is 5.56 Å². The monoisotopic (exact) mass is 519 g/mol. The number of aryl methyl sites for hydroxylation is 1. The van der Waals surface area contributed by atoms with E-state index in [2.05, 4.69) is 50.6 Å². The van der Waals surface area contributed by atoms with Crippen LogP contribution in [-0.2, 0) is 9.47 Å². The first-order valence-electron chi connectivity index (χ1n) is 12.6. The molecule has 1 N–H and O–H groups in total. The number of hydrogen-bond donors (Lipinski definition) is 1. The lowest BCUT2D eigenvalue weighted by Gasteiger charge is -2.32. The van der Waals surface area contributed by atoms with E-state index >= 15 is 0 Å². The van der Waals surface area contributed by atoms with E-state index in [0.717, 1.165) is 67.3 Å². The highest BCUT2D eigenvalue weighted by atomic mass is 32.1. The van der Waals surface area contributed by atoms with E-state index in [4.69, 9.17) is 21.7 Å². The van der Waals surface area contributed by atoms with Crippen LogP contribution in [0, 0.1) is 13.8 Å². The third kappa shape index (κ3) is 5.12. The largest absolute Gasteiger partial charge is 0.465 e. The van der Waals surface area contributed by atoms with Crippen molar-refractivity contribution in [1.29, 1.82) is 0 Å². The lowest BCUT2D eigenvalue weighted by molar-refractivity contribution is 0.0350. The van der Waals surface area contributed by atoms with Gasteiger partial charge in [-0.2, -0.15) is 0 Å². The van der Waals surface area contributed by atoms with Crippen LogP contribution in [0.15, 0.2) is 54.7 Å². The molecule has 0 saturated carbocycles. The highest BCUT2D eigenvalue weighted by Crippen LogP contribution is 2.41. The van der Waals surface area contributed by atoms with Gasteiger partial charge in [0.15, 0.2) is 5.11 Å². The van der Waals surface area contributed by atoms with E-state index in [-0.39, 0.29) is 18.1 Å². The fraction of sp³-hybridized carbons (Fsp3) is 0.393. The molecule has 2 atom stereocenters. The van der Waals surface area contributed by atoms with E-state index in [1.54, 1.807) is 12.1 Å². The number of aromatic nitrogens is 2. The van der Waals surface area contributed by atoms with Crippen molar-refractivity contribution in [3.63, 3.8) is 0 Å². The summed E-state index contributed by atoms with van der Waals surface area (Å²) in [4.78, 5) is 21.3. The Kier molecular flexibility index (Phi) is 7.55. The normalized spacial score (nSPS) is 20.2. The summed E-state index contributed by atoms with van der Waals surface area (Å²) in [6.45, 7) is 9.43. The molecule has 8 nitrogen and oxygen atoms in total. The second-order valence-electron chi connectivity index (χ2n) is 9.47. The summed E-state index contributed by atoms with van der Waals surface area (Å²) in [5, 5.41) is 4.32. The first-order valence-corrected chi connectivity index (χ1v) is 13.0. The number of methoxy groups -OCH3 is 1. The Morgan fingerprint density at radius 2 is 1.89 bits per heavy atom. The van der Waals surface area contributed by atoms with Crippen LogP contribution in [0.2, 0.25) is 0 Å². The molecule has 0 radical (unpaired) electrons. The number of nitrogens with zero attached hydrogens (tertiary/aromatic N) is 4. The van der Waals surface area contributed by atoms with Crippen molar-refractivity contribution in [2.24, 2.45) is 0 Å². The van der Waals surface area contributed by atoms with Crippen LogP contribution < -0.4 is 5.32 Å². The fourth-order valence-electron chi connectivity index (χ4n) is 5.41. The second kappa shape index (κ2) is 11.0. The first kappa shape index (κ1) is 25.4. The van der Waals surface area contributed by atoms with E-state index in [9.17, 15) is 4.79 Å². The van der Waals surface area contributed by atoms with Gasteiger partial charge in [-0.1, -0.05) is 6.07 Å². The molecule has 3 aromatic rings. The number of thiocarbonyl (C=S) groups is 1. The summed E-state index contributed by atoms with van der Waals surface area (Å²) in [5.74, 6) is -0.340. The van der Waals surface area contributed by atoms with Crippen molar-refractivity contribution in [1.82, 2.24) is 24.7 Å². The molecule has 0 amide bonds. The Morgan fingerprint density at radius 1 is 1.14 bits per heavy atom. The molecule has 194 valence electrons. The predicted octanol–water partition coefficient (Wildman–Crippen LogP) is 3.58. The standard InChI is InChI=1S/C28H33N5O3S/c1-19-18-23(20(2)33(19)22-9-7-21(8-10-22)27(34)35-3)26-25(24-6-4-5-11-29-24)30-28(37)32(26)13-12-31-14-16-36-17-15-31/h4-11,18,25-26H,12-17H2,1-3H3,(H,30,37)/t25-,26+/m1/s1. The SMILES string of the molecule is COC(=O)c1ccc(-n2c(C)cc([C@H]3[C@@H](c4ccccn4)NC(=S)N3CCN3CCOCC3)c2C)cc1. The van der Waals surface area contributed by atoms with Gasteiger partial charge in [-0.3, -0.25) is 9.88 Å². The fourth-order valence-corrected chi connectivity index (χ4v) is 5.74. The Hall–Kier alpha value is -3.27. The minimum Gasteiger partial charge on any atom is -0.465 e. The quantitative estimate of drug-likeness (QED) is 0.375. The third-order valence-electron chi connectivity index (χ3n) is 7.29. The molecule has 5 rings (SSSR count). The van der Waals surface area contributed by atoms with Crippen molar-refractivity contribution in [3.05, 3.63) is 82.9 Å². The molecule has 37 heavy (non-hydrogen) atoms. The van der Waals surface area contributed by atoms with Gasteiger partial charge in [0.1, 0.15) is 0 Å². The molecule has 4 heterocycles. The maximum atomic E-state index is 11.9. The van der Waals surface area contributed by atoms with Crippen LogP contribution in [0.4, 0.5) is 0 Å². The molecule has 2 aliphatic rings. The Morgan fingerprint density at radius 3 is 2.57 bits per heavy atom. The molecule has 0 aliphatic carbocycles. The lowest BCUT2D eigenvalue weighted by Crippen LogP contribution is -2.42. The average Bonchev–Trinajstić information content (AvgIpc) is 3.42. The number of benzene rings is 1. The van der Waals surface area contributed by atoms with Crippen LogP contribution in [-0.4, -0.2) is 76.9 Å². The topological polar surface area (TPSA) is 71.9 Å². The van der Waals surface area contributed by atoms with Gasteiger partial charge in [0.2, 0.25) is 0 Å². The number of esters is 1. The van der Waals surface area contributed by atoms with Gasteiger partial charge in [-0.05, 0) is 74.1 Å². The summed E-state index contributed by atoms with van der Waals surface area (Å²) in [6.07, 6.45) is 1.83. The van der Waals surface area contributed by atoms with Crippen molar-refractivity contribution in [2.75, 3.05) is 46.5 Å². The summed E-state index contributed by atoms with van der Waals surface area (Å²) in [5.41, 5.74) is 5.96. The zero-order valence-electron chi connectivity index (χ0n) is 21.5. The smallest absolute Gasteiger partial charge is 0.337 e. The third-order valence-corrected chi connectivity index (χ3v) is 7.65. The van der Waals surface area contributed by atoms with Crippen LogP contribution in [0.25, 0.3) is 5.69 Å². The highest BCUT2D eigenvalue weighted by molar-refractivity contribution is 7.80. The molecule has 2 fully saturated rings. The molecule has 1 aromatic carbocycles. The maximum absolute atomic E-state index is 11.9. The van der Waals surface area contributed by atoms with Gasteiger partial charge in [0.05, 0.1) is 43.7 Å². The van der Waals surface area contributed by atoms with Gasteiger partial charge in [-0.15, -0.1) is 0 Å². The number of nitrogens with one attached hydrogen (secondary N) is 1. The maximum Gasteiger partial charge on any atom is 0.337 e. The molecule has 2 aliphatic heterocycles. The summed E-state index contributed by atoms with van der Waals surface area (Å²) in [7, 11) is 1.39. The van der Waals surface area contributed by atoms with E-state index < -0.39 is 0 Å². The molecule has 0 unspecified atom stereocenters. The second-order valence-corrected chi connectivity index (χ2v) is 9.86. The van der Waals surface area contributed by atoms with Gasteiger partial charge < -0.3 is 24.3 Å². The summed E-state index contributed by atoms with van der Waals surface area (Å²) < 4.78 is 12.6. The van der Waals surface area contributed by atoms with E-state index in [1.165, 1.54) is 12.7 Å². The van der Waals surface area contributed by atoms with Gasteiger partial charge >= 0.3 is 5.97 Å². The highest BCUT2D eigenvalue weighted by Gasteiger charge is 2.41. The van der Waals surface area contributed by atoms with Gasteiger partial charge in [0.25, 0.3) is 0 Å². The van der Waals surface area contributed by atoms with Crippen molar-refractivity contribution in [2.45, 2.75) is 25.9 Å². The molecule has 0 spiro atoms. The number of pyridine rings is 1. The summed E-state index contributed by atoms with van der Waals surface area (Å²) >= 11 is 5.88. The molecule has 9 heteroatoms. The molecular weight excluding hydrogens is 486 g/mol. The van der Waals surface area contributed by atoms with Crippen LogP contribution >= 0.6 is 12.2 Å². The Labute approximate surface area is 223 Å². The van der Waals surface area contributed by atoms with Gasteiger partial charge in [-0.25, -0.2) is 4.79 Å². The number of ether oxygens (including phenoxy) is 2. The minimum absolute atomic E-state index is 0.00210. The predicted molar refractivity (Wildman–Crippen MR) is 146 cm³/mol. The molecule has 2 saturated heterocycles. The molecule has 2 aromatic heterocycles. The molecule has 0 bridgehead atoms. The first-order chi connectivity index (χ1) is 18.0. The van der Waals surface area contributed by atoms with Crippen molar-refractivity contribution >= 4 is 23.3 Å². The number of hydrogen-bond acceptors (Lipinski definition) is 6. The van der Waals surface area contributed by atoms with Crippen molar-refractivity contribution in [3.8, 4) is 5.69 Å². The number of carbonyl (C=O) groups is 1. The van der Waals surface area contributed by atoms with Crippen molar-refractivity contribution < 1.29 is 14.3 Å². The zero-order chi connectivity index (χ0) is 25.9. The van der Waals surface area contributed by atoms with Crippen LogP contribution in [0.3, 0.4) is 0 Å². The lowest BCUT2D eigenvalue weighted by atomic mass is 9.96. The number of morpholine rings is 1. The summed E-state index contributed by atoms with van der Waals surface area (Å²) in [6, 6.07) is 15.7. The Bertz CT molecular complexity index is 1250. The average molecular weight is 520 g/mol. The van der Waals surface area contributed by atoms with Gasteiger partial charge in [0, 0.05) is 49.5 Å². The van der Waals surface area contributed by atoms with E-state index in [1.807, 2.05) is 30.5 Å². The molecular formula is C28H33N5O3S. The number of carbonyl (C=O) groups excluding carboxylic acids is 1. The van der Waals surface area contributed by atoms with Crippen LogP contribution in [0.1, 0.15) is 45.1 Å². The zero-order valence-corrected chi connectivity index (χ0v) is 22.3.